The average molecular weight is 176 g/mol. The molecule has 0 spiro atoms. The molecule has 0 heterocycles. The van der Waals surface area contributed by atoms with Crippen molar-refractivity contribution in [2.75, 3.05) is 26.9 Å². The molecule has 12 heavy (non-hydrogen) atoms. The molecule has 0 fully saturated rings. The van der Waals surface area contributed by atoms with Crippen LogP contribution in [0.2, 0.25) is 0 Å². The Hall–Kier alpha value is -0.160. The minimum Gasteiger partial charge on any atom is -0.382 e. The molecule has 1 atom stereocenters. The second-order valence-electron chi connectivity index (χ2n) is 3.08. The highest BCUT2D eigenvalue weighted by Gasteiger charge is 2.10. The Morgan fingerprint density at radius 1 is 1.33 bits per heavy atom. The molecule has 1 unspecified atom stereocenters. The zero-order chi connectivity index (χ0) is 9.40. The number of hydrogen-bond donors (Lipinski definition) is 2. The van der Waals surface area contributed by atoms with E-state index in [-0.39, 0.29) is 6.04 Å². The molecule has 0 amide bonds. The summed E-state index contributed by atoms with van der Waals surface area (Å²) in [6.45, 7) is 6.10. The van der Waals surface area contributed by atoms with E-state index in [1.54, 1.807) is 7.11 Å². The van der Waals surface area contributed by atoms with Crippen molar-refractivity contribution in [3.63, 3.8) is 0 Å². The molecule has 0 aliphatic carbocycles. The fraction of sp³-hybridized carbons (Fsp3) is 1.00. The molecule has 0 radical (unpaired) electrons. The Labute approximate surface area is 74.4 Å². The number of hydrogen-bond acceptors (Lipinski definition) is 4. The highest BCUT2D eigenvalue weighted by molar-refractivity contribution is 4.65. The Kier molecular flexibility index (Phi) is 7.39. The maximum atomic E-state index is 5.33. The van der Waals surface area contributed by atoms with Gasteiger partial charge in [0.2, 0.25) is 0 Å². The standard InChI is InChI=1S/C8H20N2O2/c1-7(2)8(10-9)6-12-5-4-11-3/h7-8,10H,4-6,9H2,1-3H3. The van der Waals surface area contributed by atoms with E-state index >= 15 is 0 Å². The van der Waals surface area contributed by atoms with Gasteiger partial charge in [-0.1, -0.05) is 13.8 Å². The van der Waals surface area contributed by atoms with Crippen molar-refractivity contribution in [2.24, 2.45) is 11.8 Å². The van der Waals surface area contributed by atoms with E-state index < -0.39 is 0 Å². The Balaban J connectivity index is 3.32. The summed E-state index contributed by atoms with van der Waals surface area (Å²) in [6, 6.07) is 0.224. The lowest BCUT2D eigenvalue weighted by Crippen LogP contribution is -2.42. The van der Waals surface area contributed by atoms with Crippen LogP contribution in [0.3, 0.4) is 0 Å². The molecular weight excluding hydrogens is 156 g/mol. The van der Waals surface area contributed by atoms with Gasteiger partial charge in [-0.2, -0.15) is 0 Å². The van der Waals surface area contributed by atoms with E-state index in [4.69, 9.17) is 15.3 Å². The van der Waals surface area contributed by atoms with Crippen LogP contribution in [0, 0.1) is 5.92 Å². The zero-order valence-electron chi connectivity index (χ0n) is 8.17. The van der Waals surface area contributed by atoms with Crippen molar-refractivity contribution in [1.29, 1.82) is 0 Å². The lowest BCUT2D eigenvalue weighted by molar-refractivity contribution is 0.0518. The molecule has 0 rings (SSSR count). The zero-order valence-corrected chi connectivity index (χ0v) is 8.17. The molecule has 74 valence electrons. The van der Waals surface area contributed by atoms with E-state index in [0.717, 1.165) is 0 Å². The van der Waals surface area contributed by atoms with Crippen LogP contribution in [0.5, 0.6) is 0 Å². The average Bonchev–Trinajstić information content (AvgIpc) is 2.04. The quantitative estimate of drug-likeness (QED) is 0.329. The lowest BCUT2D eigenvalue weighted by Gasteiger charge is -2.19. The van der Waals surface area contributed by atoms with Crippen LogP contribution in [0.25, 0.3) is 0 Å². The SMILES string of the molecule is COCCOCC(NN)C(C)C. The molecular formula is C8H20N2O2. The van der Waals surface area contributed by atoms with Crippen LogP contribution in [-0.2, 0) is 9.47 Å². The third-order valence-electron chi connectivity index (χ3n) is 1.75. The summed E-state index contributed by atoms with van der Waals surface area (Å²) in [4.78, 5) is 0. The Bertz CT molecular complexity index is 99.1. The summed E-state index contributed by atoms with van der Waals surface area (Å²) in [6.07, 6.45) is 0. The summed E-state index contributed by atoms with van der Waals surface area (Å²) in [5, 5.41) is 0. The molecule has 0 saturated carbocycles. The number of rotatable bonds is 7. The van der Waals surface area contributed by atoms with E-state index in [1.165, 1.54) is 0 Å². The third kappa shape index (κ3) is 5.49. The summed E-state index contributed by atoms with van der Waals surface area (Å²) < 4.78 is 10.2. The van der Waals surface area contributed by atoms with Crippen molar-refractivity contribution < 1.29 is 9.47 Å². The normalized spacial score (nSPS) is 13.8. The van der Waals surface area contributed by atoms with Crippen molar-refractivity contribution in [3.05, 3.63) is 0 Å². The molecule has 0 aliphatic heterocycles. The van der Waals surface area contributed by atoms with Crippen LogP contribution < -0.4 is 11.3 Å². The van der Waals surface area contributed by atoms with Gasteiger partial charge in [-0.3, -0.25) is 11.3 Å². The Morgan fingerprint density at radius 3 is 2.42 bits per heavy atom. The van der Waals surface area contributed by atoms with Crippen LogP contribution in [0.15, 0.2) is 0 Å². The minimum atomic E-state index is 0.224. The topological polar surface area (TPSA) is 56.5 Å². The van der Waals surface area contributed by atoms with Crippen molar-refractivity contribution in [2.45, 2.75) is 19.9 Å². The first-order chi connectivity index (χ1) is 5.72. The molecule has 0 bridgehead atoms. The van der Waals surface area contributed by atoms with Gasteiger partial charge in [-0.05, 0) is 5.92 Å². The first-order valence-corrected chi connectivity index (χ1v) is 4.25. The van der Waals surface area contributed by atoms with Gasteiger partial charge in [-0.25, -0.2) is 0 Å². The molecule has 0 aromatic heterocycles. The predicted octanol–water partition coefficient (Wildman–Crippen LogP) is 0.137. The highest BCUT2D eigenvalue weighted by Crippen LogP contribution is 2.00. The molecule has 0 aromatic rings. The van der Waals surface area contributed by atoms with E-state index in [0.29, 0.717) is 25.7 Å². The molecule has 0 saturated heterocycles. The van der Waals surface area contributed by atoms with Gasteiger partial charge in [-0.15, -0.1) is 0 Å². The van der Waals surface area contributed by atoms with Gasteiger partial charge in [0.1, 0.15) is 0 Å². The molecule has 0 aromatic carbocycles. The first-order valence-electron chi connectivity index (χ1n) is 4.25. The number of methoxy groups -OCH3 is 1. The van der Waals surface area contributed by atoms with Crippen molar-refractivity contribution in [3.8, 4) is 0 Å². The molecule has 3 N–H and O–H groups in total. The summed E-state index contributed by atoms with van der Waals surface area (Å²) in [5.41, 5.74) is 2.71. The second-order valence-corrected chi connectivity index (χ2v) is 3.08. The van der Waals surface area contributed by atoms with E-state index in [2.05, 4.69) is 19.3 Å². The van der Waals surface area contributed by atoms with Gasteiger partial charge in [0, 0.05) is 13.2 Å². The fourth-order valence-corrected chi connectivity index (χ4v) is 0.786. The molecule has 4 heteroatoms. The fourth-order valence-electron chi connectivity index (χ4n) is 0.786. The lowest BCUT2D eigenvalue weighted by atomic mass is 10.1. The largest absolute Gasteiger partial charge is 0.382 e. The number of nitrogens with two attached hydrogens (primary N) is 1. The van der Waals surface area contributed by atoms with E-state index in [1.807, 2.05) is 0 Å². The van der Waals surface area contributed by atoms with Crippen LogP contribution >= 0.6 is 0 Å². The van der Waals surface area contributed by atoms with Gasteiger partial charge < -0.3 is 9.47 Å². The van der Waals surface area contributed by atoms with Gasteiger partial charge >= 0.3 is 0 Å². The van der Waals surface area contributed by atoms with Crippen LogP contribution in [-0.4, -0.2) is 33.0 Å². The number of ether oxygens (including phenoxy) is 2. The third-order valence-corrected chi connectivity index (χ3v) is 1.75. The van der Waals surface area contributed by atoms with Crippen LogP contribution in [0.1, 0.15) is 13.8 Å². The van der Waals surface area contributed by atoms with Crippen molar-refractivity contribution >= 4 is 0 Å². The van der Waals surface area contributed by atoms with Crippen LogP contribution in [0.4, 0.5) is 0 Å². The summed E-state index contributed by atoms with van der Waals surface area (Å²) >= 11 is 0. The molecule has 0 aliphatic rings. The van der Waals surface area contributed by atoms with Gasteiger partial charge in [0.15, 0.2) is 0 Å². The van der Waals surface area contributed by atoms with E-state index in [9.17, 15) is 0 Å². The van der Waals surface area contributed by atoms with Gasteiger partial charge in [0.05, 0.1) is 19.8 Å². The first kappa shape index (κ1) is 11.8. The highest BCUT2D eigenvalue weighted by atomic mass is 16.5. The summed E-state index contributed by atoms with van der Waals surface area (Å²) in [7, 11) is 1.66. The van der Waals surface area contributed by atoms with Gasteiger partial charge in [0.25, 0.3) is 0 Å². The summed E-state index contributed by atoms with van der Waals surface area (Å²) in [5.74, 6) is 5.81. The van der Waals surface area contributed by atoms with Crippen molar-refractivity contribution in [1.82, 2.24) is 5.43 Å². The maximum Gasteiger partial charge on any atom is 0.0701 e. The minimum absolute atomic E-state index is 0.224. The Morgan fingerprint density at radius 2 is 2.00 bits per heavy atom. The number of nitrogens with one attached hydrogen (secondary N) is 1. The smallest absolute Gasteiger partial charge is 0.0701 e. The predicted molar refractivity (Wildman–Crippen MR) is 48.6 cm³/mol. The maximum absolute atomic E-state index is 5.33. The monoisotopic (exact) mass is 176 g/mol. The second kappa shape index (κ2) is 7.49. The number of hydrazine groups is 1. The molecule has 4 nitrogen and oxygen atoms in total.